The molecule has 2 aliphatic carbocycles. The number of anilines is 9. The molecule has 3 heterocycles. The normalized spacial score (nSPS) is 15.9. The van der Waals surface area contributed by atoms with Crippen LogP contribution >= 0.6 is 11.3 Å². The van der Waals surface area contributed by atoms with Crippen molar-refractivity contribution in [3.8, 4) is 0 Å². The van der Waals surface area contributed by atoms with Gasteiger partial charge in [0.1, 0.15) is 0 Å². The van der Waals surface area contributed by atoms with Gasteiger partial charge in [0.05, 0.1) is 16.1 Å². The van der Waals surface area contributed by atoms with Gasteiger partial charge in [-0.1, -0.05) is 231 Å². The number of hydrogen-bond acceptors (Lipinski definition) is 4. The predicted octanol–water partition coefficient (Wildman–Crippen LogP) is 21.0. The fourth-order valence-electron chi connectivity index (χ4n) is 16.0. The van der Waals surface area contributed by atoms with Gasteiger partial charge in [-0.15, -0.1) is 11.3 Å². The third-order valence-electron chi connectivity index (χ3n) is 20.9. The molecule has 10 aromatic carbocycles. The Morgan fingerprint density at radius 1 is 0.386 bits per heavy atom. The first-order valence-electron chi connectivity index (χ1n) is 32.1. The summed E-state index contributed by atoms with van der Waals surface area (Å²) in [6, 6.07) is 76.5. The maximum Gasteiger partial charge on any atom is 0.252 e. The lowest BCUT2D eigenvalue weighted by atomic mass is 9.33. The largest absolute Gasteiger partial charge is 0.311 e. The van der Waals surface area contributed by atoms with Gasteiger partial charge in [0.2, 0.25) is 0 Å². The first kappa shape index (κ1) is 56.4. The fourth-order valence-corrected chi connectivity index (χ4v) is 17.2. The molecule has 438 valence electrons. The van der Waals surface area contributed by atoms with E-state index in [2.05, 4.69) is 320 Å². The van der Waals surface area contributed by atoms with Crippen LogP contribution in [0.15, 0.2) is 194 Å². The highest BCUT2D eigenvalue weighted by Crippen LogP contribution is 2.56. The molecule has 88 heavy (non-hydrogen) atoms. The van der Waals surface area contributed by atoms with E-state index in [9.17, 15) is 0 Å². The maximum absolute atomic E-state index is 2.73. The molecule has 5 heteroatoms. The van der Waals surface area contributed by atoms with Crippen molar-refractivity contribution < 1.29 is 0 Å². The molecule has 0 unspecified atom stereocenters. The Kier molecular flexibility index (Phi) is 12.3. The SMILES string of the molecule is Cc1cc2c(cc1N1c3ccc(C(C)(C)C)cc3B3c4cc5c(cc4N(c4cccc6c4sc4ccccc46)c4cc(N(c6ccc(C(C)(C)C)cc6)c6ccc(C(C)(C)C)cc6)cc1c43)C(C)(C)c1ccccc1C5(C)C)C(C)(C)c1ccccc1C2. The van der Waals surface area contributed by atoms with Crippen LogP contribution in [0.25, 0.3) is 20.2 Å². The molecule has 4 aliphatic rings. The zero-order valence-corrected chi connectivity index (χ0v) is 55.3. The van der Waals surface area contributed by atoms with Crippen LogP contribution in [0.2, 0.25) is 0 Å². The van der Waals surface area contributed by atoms with Crippen molar-refractivity contribution in [1.82, 2.24) is 0 Å². The Balaban J connectivity index is 1.11. The standard InChI is InChI=1S/C83H82BN3S/c1-50-42-52-43-51-24-17-19-27-61(51)81(11,12)64(52)48-71(50)86-69-41-36-55(80(8,9)10)44-67(69)84-68-47-65-66(83(15,16)63-29-21-20-28-62(63)82(65,13)14)49-72(68)87(70-30-23-26-60-59-25-18-22-31-75(59)88-77(60)70)74-46-58(45-73(86)76(74)84)85(56-37-32-53(33-38-56)78(2,3)4)57-39-34-54(35-40-57)79(5,6)7/h17-42,44-49H,43H2,1-16H3. The first-order valence-corrected chi connectivity index (χ1v) is 32.9. The molecule has 3 nitrogen and oxygen atoms in total. The Morgan fingerprint density at radius 2 is 0.886 bits per heavy atom. The van der Waals surface area contributed by atoms with Gasteiger partial charge < -0.3 is 14.7 Å². The van der Waals surface area contributed by atoms with E-state index in [0.29, 0.717) is 0 Å². The number of benzene rings is 10. The molecule has 0 radical (unpaired) electrons. The molecule has 2 aliphatic heterocycles. The van der Waals surface area contributed by atoms with Gasteiger partial charge in [-0.3, -0.25) is 0 Å². The molecular formula is C83H82BN3S. The summed E-state index contributed by atoms with van der Waals surface area (Å²) in [5.41, 5.74) is 30.2. The molecule has 0 atom stereocenters. The van der Waals surface area contributed by atoms with Gasteiger partial charge in [-0.05, 0) is 179 Å². The van der Waals surface area contributed by atoms with E-state index in [0.717, 1.165) is 23.5 Å². The molecule has 0 N–H and O–H groups in total. The molecule has 0 saturated heterocycles. The van der Waals surface area contributed by atoms with E-state index in [4.69, 9.17) is 0 Å². The van der Waals surface area contributed by atoms with Crippen molar-refractivity contribution in [2.75, 3.05) is 14.7 Å². The highest BCUT2D eigenvalue weighted by atomic mass is 32.1. The quantitative estimate of drug-likeness (QED) is 0.159. The van der Waals surface area contributed by atoms with E-state index in [1.807, 2.05) is 11.3 Å². The lowest BCUT2D eigenvalue weighted by Gasteiger charge is -2.48. The van der Waals surface area contributed by atoms with Crippen LogP contribution in [0, 0.1) is 6.92 Å². The minimum absolute atomic E-state index is 0.0145. The van der Waals surface area contributed by atoms with Crippen molar-refractivity contribution >= 4 is 106 Å². The Labute approximate surface area is 527 Å². The van der Waals surface area contributed by atoms with Crippen molar-refractivity contribution in [3.63, 3.8) is 0 Å². The summed E-state index contributed by atoms with van der Waals surface area (Å²) >= 11 is 1.92. The van der Waals surface area contributed by atoms with Gasteiger partial charge in [0.15, 0.2) is 0 Å². The van der Waals surface area contributed by atoms with E-state index in [1.54, 1.807) is 0 Å². The second kappa shape index (κ2) is 19.2. The van der Waals surface area contributed by atoms with Gasteiger partial charge in [0, 0.05) is 71.5 Å². The topological polar surface area (TPSA) is 9.72 Å². The maximum atomic E-state index is 2.73. The third kappa shape index (κ3) is 8.42. The van der Waals surface area contributed by atoms with Crippen LogP contribution in [0.1, 0.15) is 171 Å². The van der Waals surface area contributed by atoms with Crippen LogP contribution in [0.5, 0.6) is 0 Å². The monoisotopic (exact) mass is 1160 g/mol. The van der Waals surface area contributed by atoms with E-state index < -0.39 is 0 Å². The second-order valence-corrected chi connectivity index (χ2v) is 31.8. The van der Waals surface area contributed by atoms with E-state index in [-0.39, 0.29) is 39.2 Å². The number of hydrogen-bond donors (Lipinski definition) is 0. The molecule has 0 spiro atoms. The highest BCUT2D eigenvalue weighted by Gasteiger charge is 2.49. The van der Waals surface area contributed by atoms with Gasteiger partial charge >= 0.3 is 0 Å². The first-order chi connectivity index (χ1) is 41.7. The van der Waals surface area contributed by atoms with Crippen molar-refractivity contribution in [1.29, 1.82) is 0 Å². The van der Waals surface area contributed by atoms with Crippen molar-refractivity contribution in [2.45, 2.75) is 150 Å². The van der Waals surface area contributed by atoms with Gasteiger partial charge in [0.25, 0.3) is 6.71 Å². The molecule has 0 saturated carbocycles. The minimum atomic E-state index is -0.284. The molecule has 11 aromatic rings. The summed E-state index contributed by atoms with van der Waals surface area (Å²) in [6.45, 7) is 38.1. The summed E-state index contributed by atoms with van der Waals surface area (Å²) in [4.78, 5) is 7.99. The van der Waals surface area contributed by atoms with E-state index >= 15 is 0 Å². The third-order valence-corrected chi connectivity index (χ3v) is 22.2. The summed E-state index contributed by atoms with van der Waals surface area (Å²) in [5.74, 6) is 0. The molecule has 1 aromatic heterocycles. The molecule has 0 fully saturated rings. The Hall–Kier alpha value is -8.12. The van der Waals surface area contributed by atoms with Crippen LogP contribution in [-0.2, 0) is 38.9 Å². The van der Waals surface area contributed by atoms with Crippen LogP contribution in [0.3, 0.4) is 0 Å². The number of nitrogens with zero attached hydrogens (tertiary/aromatic N) is 3. The average Bonchev–Trinajstić information content (AvgIpc) is 0.835. The van der Waals surface area contributed by atoms with Crippen LogP contribution in [-0.4, -0.2) is 6.71 Å². The van der Waals surface area contributed by atoms with Crippen molar-refractivity contribution in [2.24, 2.45) is 0 Å². The fraction of sp³-hybridized carbons (Fsp3) is 0.277. The highest BCUT2D eigenvalue weighted by molar-refractivity contribution is 7.26. The summed E-state index contributed by atoms with van der Waals surface area (Å²) < 4.78 is 2.59. The molecular weight excluding hydrogens is 1080 g/mol. The zero-order chi connectivity index (χ0) is 61.5. The Morgan fingerprint density at radius 3 is 1.50 bits per heavy atom. The number of thiophene rings is 1. The Bertz CT molecular complexity index is 4650. The van der Waals surface area contributed by atoms with Crippen LogP contribution < -0.4 is 31.1 Å². The summed E-state index contributed by atoms with van der Waals surface area (Å²) in [5, 5.41) is 2.59. The number of rotatable bonds is 5. The van der Waals surface area contributed by atoms with E-state index in [1.165, 1.54) is 137 Å². The van der Waals surface area contributed by atoms with Crippen molar-refractivity contribution in [3.05, 3.63) is 261 Å². The molecule has 0 bridgehead atoms. The second-order valence-electron chi connectivity index (χ2n) is 30.7. The lowest BCUT2D eigenvalue weighted by Crippen LogP contribution is -2.62. The smallest absolute Gasteiger partial charge is 0.252 e. The summed E-state index contributed by atoms with van der Waals surface area (Å²) in [7, 11) is 0. The minimum Gasteiger partial charge on any atom is -0.311 e. The zero-order valence-electron chi connectivity index (χ0n) is 54.5. The number of aryl methyl sites for hydroxylation is 1. The van der Waals surface area contributed by atoms with Crippen LogP contribution in [0.4, 0.5) is 51.2 Å². The molecule has 15 rings (SSSR count). The number of fused-ring (bicyclic) bond motifs is 11. The molecule has 0 amide bonds. The average molecular weight is 1160 g/mol. The summed E-state index contributed by atoms with van der Waals surface area (Å²) in [6.07, 6.45) is 0.919. The van der Waals surface area contributed by atoms with Gasteiger partial charge in [-0.2, -0.15) is 0 Å². The van der Waals surface area contributed by atoms with Gasteiger partial charge in [-0.25, -0.2) is 0 Å². The lowest BCUT2D eigenvalue weighted by molar-refractivity contribution is 0.521. The predicted molar refractivity (Wildman–Crippen MR) is 381 cm³/mol.